The van der Waals surface area contributed by atoms with E-state index in [4.69, 9.17) is 4.74 Å². The van der Waals surface area contributed by atoms with Gasteiger partial charge in [0, 0.05) is 39.8 Å². The van der Waals surface area contributed by atoms with Crippen molar-refractivity contribution in [2.24, 2.45) is 16.8 Å². The molecule has 3 rings (SSSR count). The third-order valence-electron chi connectivity index (χ3n) is 5.78. The first-order chi connectivity index (χ1) is 11.4. The lowest BCUT2D eigenvalue weighted by atomic mass is 9.82. The summed E-state index contributed by atoms with van der Waals surface area (Å²) in [5, 5.41) is 3.59. The third-order valence-corrected chi connectivity index (χ3v) is 5.78. The molecule has 2 atom stereocenters. The Hall–Kier alpha value is -0.810. The number of fused-ring (bicyclic) bond motifs is 1. The molecule has 0 bridgehead atoms. The predicted octanol–water partition coefficient (Wildman–Crippen LogP) is 1.80. The fourth-order valence-corrected chi connectivity index (χ4v) is 4.40. The lowest BCUT2D eigenvalue weighted by molar-refractivity contribution is 0.0372. The molecule has 3 fully saturated rings. The third kappa shape index (κ3) is 4.83. The average molecular weight is 322 g/mol. The maximum Gasteiger partial charge on any atom is 0.193 e. The highest BCUT2D eigenvalue weighted by Crippen LogP contribution is 2.35. The highest BCUT2D eigenvalue weighted by Gasteiger charge is 2.35. The smallest absolute Gasteiger partial charge is 0.193 e. The molecule has 2 unspecified atom stereocenters. The maximum atomic E-state index is 5.40. The largest absolute Gasteiger partial charge is 0.379 e. The van der Waals surface area contributed by atoms with E-state index in [1.165, 1.54) is 58.2 Å². The van der Waals surface area contributed by atoms with Crippen molar-refractivity contribution in [3.8, 4) is 0 Å². The fourth-order valence-electron chi connectivity index (χ4n) is 4.40. The zero-order valence-electron chi connectivity index (χ0n) is 14.8. The molecular formula is C18H34N4O. The molecule has 0 amide bonds. The zero-order chi connectivity index (χ0) is 15.9. The minimum Gasteiger partial charge on any atom is -0.379 e. The van der Waals surface area contributed by atoms with Gasteiger partial charge in [-0.3, -0.25) is 9.89 Å². The summed E-state index contributed by atoms with van der Waals surface area (Å²) < 4.78 is 5.40. The van der Waals surface area contributed by atoms with E-state index >= 15 is 0 Å². The van der Waals surface area contributed by atoms with Crippen LogP contribution in [0.1, 0.15) is 38.5 Å². The number of nitrogens with one attached hydrogen (secondary N) is 1. The van der Waals surface area contributed by atoms with Crippen LogP contribution < -0.4 is 5.32 Å². The predicted molar refractivity (Wildman–Crippen MR) is 94.9 cm³/mol. The first kappa shape index (κ1) is 17.0. The van der Waals surface area contributed by atoms with Gasteiger partial charge in [0.2, 0.25) is 0 Å². The van der Waals surface area contributed by atoms with Crippen molar-refractivity contribution in [2.45, 2.75) is 38.5 Å². The van der Waals surface area contributed by atoms with Gasteiger partial charge in [0.1, 0.15) is 0 Å². The zero-order valence-corrected chi connectivity index (χ0v) is 14.8. The molecule has 3 aliphatic rings. The highest BCUT2D eigenvalue weighted by atomic mass is 16.5. The van der Waals surface area contributed by atoms with Crippen LogP contribution in [0.2, 0.25) is 0 Å². The van der Waals surface area contributed by atoms with E-state index in [0.29, 0.717) is 0 Å². The van der Waals surface area contributed by atoms with Crippen molar-refractivity contribution in [1.29, 1.82) is 0 Å². The fraction of sp³-hybridized carbons (Fsp3) is 0.944. The number of hydrogen-bond acceptors (Lipinski definition) is 3. The summed E-state index contributed by atoms with van der Waals surface area (Å²) in [4.78, 5) is 9.54. The lowest BCUT2D eigenvalue weighted by Crippen LogP contribution is -2.41. The molecule has 2 aliphatic heterocycles. The molecule has 0 aromatic heterocycles. The monoisotopic (exact) mass is 322 g/mol. The van der Waals surface area contributed by atoms with E-state index in [1.807, 2.05) is 7.05 Å². The van der Waals surface area contributed by atoms with Gasteiger partial charge in [0.25, 0.3) is 0 Å². The van der Waals surface area contributed by atoms with E-state index in [0.717, 1.165) is 50.6 Å². The normalized spacial score (nSPS) is 29.6. The number of aliphatic imine (C=N–C) groups is 1. The molecule has 0 aromatic carbocycles. The number of guanidine groups is 1. The Morgan fingerprint density at radius 1 is 1.09 bits per heavy atom. The Labute approximate surface area is 141 Å². The van der Waals surface area contributed by atoms with Crippen LogP contribution >= 0.6 is 0 Å². The molecule has 1 N–H and O–H groups in total. The van der Waals surface area contributed by atoms with Crippen LogP contribution in [0.15, 0.2) is 4.99 Å². The maximum absolute atomic E-state index is 5.40. The Balaban J connectivity index is 1.32. The van der Waals surface area contributed by atoms with Crippen LogP contribution in [0.5, 0.6) is 0 Å². The van der Waals surface area contributed by atoms with Crippen LogP contribution in [0.25, 0.3) is 0 Å². The number of hydrogen-bond donors (Lipinski definition) is 1. The number of rotatable bonds is 5. The van der Waals surface area contributed by atoms with Gasteiger partial charge in [-0.2, -0.15) is 0 Å². The second-order valence-corrected chi connectivity index (χ2v) is 7.34. The summed E-state index contributed by atoms with van der Waals surface area (Å²) in [5.41, 5.74) is 0. The number of unbranched alkanes of at least 4 members (excludes halogenated alkanes) is 1. The van der Waals surface area contributed by atoms with E-state index in [2.05, 4.69) is 20.1 Å². The van der Waals surface area contributed by atoms with Gasteiger partial charge >= 0.3 is 0 Å². The SMILES string of the molecule is CN=C(NCCCCN1CCOCC1)N1CC2CCCCC2C1. The number of morpholine rings is 1. The van der Waals surface area contributed by atoms with Gasteiger partial charge in [0.15, 0.2) is 5.96 Å². The molecule has 23 heavy (non-hydrogen) atoms. The van der Waals surface area contributed by atoms with Gasteiger partial charge in [-0.05, 0) is 44.1 Å². The average Bonchev–Trinajstić information content (AvgIpc) is 3.03. The van der Waals surface area contributed by atoms with Gasteiger partial charge in [-0.15, -0.1) is 0 Å². The summed E-state index contributed by atoms with van der Waals surface area (Å²) in [6.07, 6.45) is 8.20. The van der Waals surface area contributed by atoms with Crippen molar-refractivity contribution >= 4 is 5.96 Å². The first-order valence-corrected chi connectivity index (χ1v) is 9.62. The Morgan fingerprint density at radius 3 is 2.43 bits per heavy atom. The Morgan fingerprint density at radius 2 is 1.78 bits per heavy atom. The minimum atomic E-state index is 0.905. The summed E-state index contributed by atoms with van der Waals surface area (Å²) in [5.74, 6) is 2.97. The van der Waals surface area contributed by atoms with Crippen LogP contribution in [-0.2, 0) is 4.74 Å². The topological polar surface area (TPSA) is 40.1 Å². The van der Waals surface area contributed by atoms with E-state index < -0.39 is 0 Å². The quantitative estimate of drug-likeness (QED) is 0.476. The summed E-state index contributed by atoms with van der Waals surface area (Å²) in [7, 11) is 1.93. The van der Waals surface area contributed by atoms with Crippen molar-refractivity contribution in [2.75, 3.05) is 59.5 Å². The van der Waals surface area contributed by atoms with Gasteiger partial charge in [0.05, 0.1) is 13.2 Å². The number of nitrogens with zero attached hydrogens (tertiary/aromatic N) is 3. The molecule has 1 saturated carbocycles. The molecule has 0 radical (unpaired) electrons. The molecule has 132 valence electrons. The second-order valence-electron chi connectivity index (χ2n) is 7.34. The van der Waals surface area contributed by atoms with Gasteiger partial charge in [-0.25, -0.2) is 0 Å². The second kappa shape index (κ2) is 8.88. The standard InChI is InChI=1S/C18H34N4O/c1-19-18(22-14-16-6-2-3-7-17(16)15-22)20-8-4-5-9-21-10-12-23-13-11-21/h16-17H,2-15H2,1H3,(H,19,20). The summed E-state index contributed by atoms with van der Waals surface area (Å²) in [6.45, 7) is 8.71. The first-order valence-electron chi connectivity index (χ1n) is 9.62. The number of likely N-dealkylation sites (tertiary alicyclic amines) is 1. The van der Waals surface area contributed by atoms with Crippen LogP contribution in [0.4, 0.5) is 0 Å². The molecule has 5 heteroatoms. The highest BCUT2D eigenvalue weighted by molar-refractivity contribution is 5.80. The summed E-state index contributed by atoms with van der Waals surface area (Å²) >= 11 is 0. The van der Waals surface area contributed by atoms with E-state index in [1.54, 1.807) is 0 Å². The molecule has 2 saturated heterocycles. The van der Waals surface area contributed by atoms with Crippen LogP contribution in [0.3, 0.4) is 0 Å². The van der Waals surface area contributed by atoms with Crippen LogP contribution in [-0.4, -0.2) is 75.3 Å². The van der Waals surface area contributed by atoms with Crippen LogP contribution in [0, 0.1) is 11.8 Å². The minimum absolute atomic E-state index is 0.905. The van der Waals surface area contributed by atoms with Crippen molar-refractivity contribution in [3.63, 3.8) is 0 Å². The van der Waals surface area contributed by atoms with Crippen molar-refractivity contribution in [1.82, 2.24) is 15.1 Å². The Kier molecular flexibility index (Phi) is 6.57. The molecule has 0 spiro atoms. The van der Waals surface area contributed by atoms with Gasteiger partial charge in [-0.1, -0.05) is 12.8 Å². The summed E-state index contributed by atoms with van der Waals surface area (Å²) in [6, 6.07) is 0. The number of ether oxygens (including phenoxy) is 1. The molecule has 5 nitrogen and oxygen atoms in total. The van der Waals surface area contributed by atoms with Gasteiger partial charge < -0.3 is 15.0 Å². The molecule has 0 aromatic rings. The van der Waals surface area contributed by atoms with E-state index in [9.17, 15) is 0 Å². The lowest BCUT2D eigenvalue weighted by Gasteiger charge is -2.26. The molecule has 1 aliphatic carbocycles. The Bertz CT molecular complexity index is 367. The molecule has 2 heterocycles. The van der Waals surface area contributed by atoms with Crippen molar-refractivity contribution < 1.29 is 4.74 Å². The van der Waals surface area contributed by atoms with Crippen molar-refractivity contribution in [3.05, 3.63) is 0 Å². The molecular weight excluding hydrogens is 288 g/mol. The van der Waals surface area contributed by atoms with E-state index in [-0.39, 0.29) is 0 Å².